The number of hydrogen-bond donors (Lipinski definition) is 2. The van der Waals surface area contributed by atoms with Crippen molar-refractivity contribution in [3.63, 3.8) is 0 Å². The topological polar surface area (TPSA) is 46.2 Å². The lowest BCUT2D eigenvalue weighted by Gasteiger charge is -2.14. The first-order chi connectivity index (χ1) is 13.4. The minimum absolute atomic E-state index is 0.186. The molecular weight excluding hydrogens is 411 g/mol. The first-order valence-electron chi connectivity index (χ1n) is 7.98. The summed E-state index contributed by atoms with van der Waals surface area (Å²) in [4.78, 5) is 4.10. The molecule has 0 bridgehead atoms. The molecule has 0 radical (unpaired) electrons. The van der Waals surface area contributed by atoms with Crippen LogP contribution in [-0.2, 0) is 6.61 Å². The van der Waals surface area contributed by atoms with Crippen molar-refractivity contribution in [3.05, 3.63) is 82.8 Å². The minimum atomic E-state index is -1.29. The lowest BCUT2D eigenvalue weighted by molar-refractivity contribution is 0.290. The van der Waals surface area contributed by atoms with Crippen molar-refractivity contribution in [2.24, 2.45) is 0 Å². The van der Waals surface area contributed by atoms with Crippen molar-refractivity contribution in [3.8, 4) is 5.75 Å². The van der Waals surface area contributed by atoms with Gasteiger partial charge in [0.1, 0.15) is 12.4 Å². The Labute approximate surface area is 169 Å². The number of thiocarbonyl (C=S) groups is 1. The second-order valence-corrected chi connectivity index (χ2v) is 6.39. The van der Waals surface area contributed by atoms with E-state index in [9.17, 15) is 13.2 Å². The number of ether oxygens (including phenoxy) is 1. The van der Waals surface area contributed by atoms with Gasteiger partial charge < -0.3 is 15.4 Å². The molecule has 3 rings (SSSR count). The summed E-state index contributed by atoms with van der Waals surface area (Å²) < 4.78 is 46.3. The van der Waals surface area contributed by atoms with Crippen LogP contribution in [0.15, 0.2) is 54.7 Å². The van der Waals surface area contributed by atoms with Gasteiger partial charge in [0.2, 0.25) is 0 Å². The molecule has 0 atom stereocenters. The average molecular weight is 424 g/mol. The predicted octanol–water partition coefficient (Wildman–Crippen LogP) is 5.54. The predicted molar refractivity (Wildman–Crippen MR) is 106 cm³/mol. The lowest BCUT2D eigenvalue weighted by Crippen LogP contribution is -2.20. The number of rotatable bonds is 5. The van der Waals surface area contributed by atoms with Crippen molar-refractivity contribution < 1.29 is 17.9 Å². The highest BCUT2D eigenvalue weighted by atomic mass is 35.5. The molecule has 0 aliphatic carbocycles. The maximum atomic E-state index is 13.8. The van der Waals surface area contributed by atoms with Gasteiger partial charge in [0.15, 0.2) is 28.3 Å². The van der Waals surface area contributed by atoms with Crippen LogP contribution in [0.3, 0.4) is 0 Å². The summed E-state index contributed by atoms with van der Waals surface area (Å²) in [5, 5.41) is 6.58. The van der Waals surface area contributed by atoms with E-state index in [0.717, 1.165) is 6.07 Å². The van der Waals surface area contributed by atoms with Crippen molar-refractivity contribution >= 4 is 40.4 Å². The third kappa shape index (κ3) is 4.90. The van der Waals surface area contributed by atoms with Gasteiger partial charge in [-0.1, -0.05) is 11.6 Å². The van der Waals surface area contributed by atoms with E-state index in [0.29, 0.717) is 16.8 Å². The zero-order chi connectivity index (χ0) is 20.1. The van der Waals surface area contributed by atoms with Crippen LogP contribution < -0.4 is 15.4 Å². The monoisotopic (exact) mass is 423 g/mol. The van der Waals surface area contributed by atoms with Gasteiger partial charge in [-0.05, 0) is 60.7 Å². The van der Waals surface area contributed by atoms with Crippen molar-refractivity contribution in [1.29, 1.82) is 0 Å². The zero-order valence-corrected chi connectivity index (χ0v) is 15.8. The molecule has 1 aromatic heterocycles. The van der Waals surface area contributed by atoms with E-state index in [2.05, 4.69) is 15.6 Å². The number of aromatic nitrogens is 1. The molecule has 0 saturated heterocycles. The first-order valence-corrected chi connectivity index (χ1v) is 8.76. The summed E-state index contributed by atoms with van der Waals surface area (Å²) >= 11 is 11.1. The lowest BCUT2D eigenvalue weighted by atomic mass is 10.2. The summed E-state index contributed by atoms with van der Waals surface area (Å²) in [6.45, 7) is -0.521. The summed E-state index contributed by atoms with van der Waals surface area (Å²) in [6.07, 6.45) is 1.49. The molecule has 9 heteroatoms. The number of anilines is 2. The van der Waals surface area contributed by atoms with Crippen molar-refractivity contribution in [2.45, 2.75) is 6.61 Å². The van der Waals surface area contributed by atoms with Gasteiger partial charge in [-0.25, -0.2) is 18.2 Å². The van der Waals surface area contributed by atoms with Gasteiger partial charge in [-0.15, -0.1) is 0 Å². The summed E-state index contributed by atoms with van der Waals surface area (Å²) in [5.74, 6) is -2.94. The Kier molecular flexibility index (Phi) is 6.33. The molecule has 144 valence electrons. The SMILES string of the molecule is Fc1ccc(F)c(COc2cccnc2NC(=S)Nc2ccc(Cl)cc2)c1F. The number of hydrogen-bond acceptors (Lipinski definition) is 3. The molecule has 3 aromatic rings. The molecule has 2 aromatic carbocycles. The largest absolute Gasteiger partial charge is 0.485 e. The normalized spacial score (nSPS) is 10.4. The van der Waals surface area contributed by atoms with Crippen LogP contribution in [0, 0.1) is 17.5 Å². The van der Waals surface area contributed by atoms with Crippen LogP contribution in [0.1, 0.15) is 5.56 Å². The Hall–Kier alpha value is -2.84. The van der Waals surface area contributed by atoms with Crippen LogP contribution in [0.4, 0.5) is 24.7 Å². The molecule has 28 heavy (non-hydrogen) atoms. The van der Waals surface area contributed by atoms with Crippen LogP contribution in [0.25, 0.3) is 0 Å². The smallest absolute Gasteiger partial charge is 0.176 e. The molecule has 0 spiro atoms. The zero-order valence-electron chi connectivity index (χ0n) is 14.2. The van der Waals surface area contributed by atoms with Crippen molar-refractivity contribution in [1.82, 2.24) is 4.98 Å². The minimum Gasteiger partial charge on any atom is -0.485 e. The van der Waals surface area contributed by atoms with Crippen LogP contribution >= 0.6 is 23.8 Å². The number of halogens is 4. The van der Waals surface area contributed by atoms with E-state index < -0.39 is 29.6 Å². The molecule has 0 aliphatic rings. The number of pyridine rings is 1. The molecule has 2 N–H and O–H groups in total. The second kappa shape index (κ2) is 8.90. The molecule has 0 unspecified atom stereocenters. The molecule has 1 heterocycles. The van der Waals surface area contributed by atoms with E-state index in [1.807, 2.05) is 0 Å². The van der Waals surface area contributed by atoms with Crippen molar-refractivity contribution in [2.75, 3.05) is 10.6 Å². The molecule has 0 aliphatic heterocycles. The molecular formula is C19H13ClF3N3OS. The Bertz CT molecular complexity index is 1000. The highest BCUT2D eigenvalue weighted by Gasteiger charge is 2.15. The number of nitrogens with zero attached hydrogens (tertiary/aromatic N) is 1. The quantitative estimate of drug-likeness (QED) is 0.416. The molecule has 0 fully saturated rings. The standard InChI is InChI=1S/C19H13ClF3N3OS/c20-11-3-5-12(6-4-11)25-19(28)26-18-16(2-1-9-24-18)27-10-13-14(21)7-8-15(22)17(13)23/h1-9H,10H2,(H2,24,25,26,28). The van der Waals surface area contributed by atoms with Gasteiger partial charge >= 0.3 is 0 Å². The van der Waals surface area contributed by atoms with Crippen LogP contribution in [0.2, 0.25) is 5.02 Å². The second-order valence-electron chi connectivity index (χ2n) is 5.55. The fourth-order valence-corrected chi connectivity index (χ4v) is 2.60. The molecule has 0 amide bonds. The maximum Gasteiger partial charge on any atom is 0.176 e. The number of benzene rings is 2. The van der Waals surface area contributed by atoms with Gasteiger partial charge in [-0.2, -0.15) is 0 Å². The fourth-order valence-electron chi connectivity index (χ4n) is 2.26. The van der Waals surface area contributed by atoms with E-state index in [1.165, 1.54) is 12.3 Å². The average Bonchev–Trinajstić information content (AvgIpc) is 2.68. The van der Waals surface area contributed by atoms with E-state index >= 15 is 0 Å². The van der Waals surface area contributed by atoms with Gasteiger partial charge in [0, 0.05) is 16.9 Å². The summed E-state index contributed by atoms with van der Waals surface area (Å²) in [6, 6.07) is 11.5. The van der Waals surface area contributed by atoms with E-state index in [4.69, 9.17) is 28.6 Å². The molecule has 0 saturated carbocycles. The maximum absolute atomic E-state index is 13.8. The van der Waals surface area contributed by atoms with E-state index in [-0.39, 0.29) is 16.7 Å². The number of nitrogens with one attached hydrogen (secondary N) is 2. The van der Waals surface area contributed by atoms with E-state index in [1.54, 1.807) is 30.3 Å². The summed E-state index contributed by atoms with van der Waals surface area (Å²) in [7, 11) is 0. The van der Waals surface area contributed by atoms with Crippen LogP contribution in [-0.4, -0.2) is 10.1 Å². The van der Waals surface area contributed by atoms with Gasteiger partial charge in [0.05, 0.1) is 5.56 Å². The van der Waals surface area contributed by atoms with Gasteiger partial charge in [0.25, 0.3) is 0 Å². The Morgan fingerprint density at radius 2 is 1.71 bits per heavy atom. The Balaban J connectivity index is 1.70. The Morgan fingerprint density at radius 1 is 1.00 bits per heavy atom. The van der Waals surface area contributed by atoms with Gasteiger partial charge in [-0.3, -0.25) is 0 Å². The fraction of sp³-hybridized carbons (Fsp3) is 0.0526. The Morgan fingerprint density at radius 3 is 2.46 bits per heavy atom. The first kappa shape index (κ1) is 19.9. The molecule has 4 nitrogen and oxygen atoms in total. The highest BCUT2D eigenvalue weighted by Crippen LogP contribution is 2.24. The third-order valence-corrected chi connectivity index (χ3v) is 4.07. The third-order valence-electron chi connectivity index (χ3n) is 3.62. The van der Waals surface area contributed by atoms with Crippen LogP contribution in [0.5, 0.6) is 5.75 Å². The highest BCUT2D eigenvalue weighted by molar-refractivity contribution is 7.80. The summed E-state index contributed by atoms with van der Waals surface area (Å²) in [5.41, 5.74) is 0.181.